The van der Waals surface area contributed by atoms with Gasteiger partial charge in [0.1, 0.15) is 16.6 Å². The summed E-state index contributed by atoms with van der Waals surface area (Å²) in [7, 11) is 0.0906. The third kappa shape index (κ3) is 5.84. The van der Waals surface area contributed by atoms with Gasteiger partial charge in [-0.05, 0) is 59.3 Å². The molecule has 9 rings (SSSR count). The summed E-state index contributed by atoms with van der Waals surface area (Å²) in [6, 6.07) is 0.322. The number of hydrogen-bond donors (Lipinski definition) is 0. The van der Waals surface area contributed by atoms with Crippen LogP contribution in [0.3, 0.4) is 0 Å². The summed E-state index contributed by atoms with van der Waals surface area (Å²) < 4.78 is 50.5. The van der Waals surface area contributed by atoms with E-state index in [-0.39, 0.29) is 92.9 Å². The van der Waals surface area contributed by atoms with Gasteiger partial charge >= 0.3 is 7.82 Å². The molecule has 9 aliphatic heterocycles. The van der Waals surface area contributed by atoms with Crippen LogP contribution in [0, 0.1) is 17.8 Å². The minimum Gasteiger partial charge on any atom is -0.382 e. The van der Waals surface area contributed by atoms with Crippen molar-refractivity contribution in [1.82, 2.24) is 14.7 Å². The summed E-state index contributed by atoms with van der Waals surface area (Å²) in [6.07, 6.45) is 4.53. The number of Topliss-reactive ketones (excluding diaryl/α,β-unsaturated/α-hetero) is 3. The SMILES string of the molecule is COC[C@@]1(COP(=O)(OC[C@]2(COC)C(=O)C3CCN2[C@@H](C)C3)OC[C@]2(COC)C(=O)[C@@H]3CCN2[C@@H](C)C3)C(=O)C2CCN1[C@@H](C)C2. The minimum atomic E-state index is -4.53. The summed E-state index contributed by atoms with van der Waals surface area (Å²) in [6.45, 7) is 7.66. The molecule has 266 valence electrons. The summed E-state index contributed by atoms with van der Waals surface area (Å²) in [4.78, 5) is 47.9. The number of carbonyl (C=O) groups excluding carboxylic acids is 3. The van der Waals surface area contributed by atoms with Crippen molar-refractivity contribution in [3.63, 3.8) is 0 Å². The van der Waals surface area contributed by atoms with Gasteiger partial charge in [-0.15, -0.1) is 0 Å². The number of phosphoric ester groups is 1. The summed E-state index contributed by atoms with van der Waals surface area (Å²) in [5, 5.41) is 0. The summed E-state index contributed by atoms with van der Waals surface area (Å²) in [5.41, 5.74) is -3.50. The van der Waals surface area contributed by atoms with Crippen LogP contribution >= 0.6 is 7.82 Å². The molecule has 14 heteroatoms. The van der Waals surface area contributed by atoms with Gasteiger partial charge in [0, 0.05) is 76.8 Å². The topological polar surface area (TPSA) is 133 Å². The zero-order valence-electron chi connectivity index (χ0n) is 28.9. The highest BCUT2D eigenvalue weighted by atomic mass is 31.2. The Kier molecular flexibility index (Phi) is 10.3. The van der Waals surface area contributed by atoms with E-state index in [0.717, 1.165) is 38.5 Å². The smallest absolute Gasteiger partial charge is 0.382 e. The highest BCUT2D eigenvalue weighted by Crippen LogP contribution is 2.55. The molecule has 0 aromatic carbocycles. The van der Waals surface area contributed by atoms with Crippen molar-refractivity contribution in [2.24, 2.45) is 17.8 Å². The fraction of sp³-hybridized carbons (Fsp3) is 0.909. The van der Waals surface area contributed by atoms with Crippen molar-refractivity contribution in [2.75, 3.05) is 80.6 Å². The molecule has 5 unspecified atom stereocenters. The molecule has 47 heavy (non-hydrogen) atoms. The van der Waals surface area contributed by atoms with Crippen molar-refractivity contribution in [2.45, 2.75) is 94.0 Å². The van der Waals surface area contributed by atoms with Crippen molar-refractivity contribution in [3.8, 4) is 0 Å². The quantitative estimate of drug-likeness (QED) is 0.234. The molecular weight excluding hydrogens is 629 g/mol. The van der Waals surface area contributed by atoms with E-state index in [1.807, 2.05) is 0 Å². The van der Waals surface area contributed by atoms with Crippen LogP contribution in [-0.2, 0) is 46.7 Å². The van der Waals surface area contributed by atoms with Crippen LogP contribution in [-0.4, -0.2) is 147 Å². The summed E-state index contributed by atoms with van der Waals surface area (Å²) >= 11 is 0. The van der Waals surface area contributed by atoms with Gasteiger partial charge < -0.3 is 14.2 Å². The average Bonchev–Trinajstić information content (AvgIpc) is 3.05. The van der Waals surface area contributed by atoms with E-state index in [4.69, 9.17) is 27.8 Å². The molecule has 9 aliphatic rings. The molecule has 0 N–H and O–H groups in total. The van der Waals surface area contributed by atoms with E-state index in [1.54, 1.807) is 0 Å². The maximum Gasteiger partial charge on any atom is 0.475 e. The Hall–Kier alpha value is -1.12. The van der Waals surface area contributed by atoms with Crippen molar-refractivity contribution < 1.29 is 46.7 Å². The molecule has 13 nitrogen and oxygen atoms in total. The Labute approximate surface area is 278 Å². The van der Waals surface area contributed by atoms with E-state index in [9.17, 15) is 18.9 Å². The Morgan fingerprint density at radius 2 is 0.830 bits per heavy atom. The molecular formula is C33H54N3O10P. The molecule has 0 saturated carbocycles. The molecule has 9 saturated heterocycles. The van der Waals surface area contributed by atoms with Gasteiger partial charge in [0.05, 0.1) is 39.6 Å². The second kappa shape index (κ2) is 13.5. The van der Waals surface area contributed by atoms with Crippen molar-refractivity contribution in [1.29, 1.82) is 0 Å². The number of carbonyl (C=O) groups is 3. The predicted molar refractivity (Wildman–Crippen MR) is 171 cm³/mol. The molecule has 12 atom stereocenters. The second-order valence-electron chi connectivity index (χ2n) is 15.0. The van der Waals surface area contributed by atoms with Gasteiger partial charge in [-0.1, -0.05) is 0 Å². The zero-order valence-corrected chi connectivity index (χ0v) is 29.8. The number of phosphoric acid groups is 1. The Morgan fingerprint density at radius 1 is 0.553 bits per heavy atom. The molecule has 9 fully saturated rings. The molecule has 0 aliphatic carbocycles. The molecule has 0 radical (unpaired) electrons. The average molecular weight is 684 g/mol. The number of rotatable bonds is 15. The molecule has 0 spiro atoms. The number of methoxy groups -OCH3 is 3. The van der Waals surface area contributed by atoms with Crippen molar-refractivity contribution >= 4 is 25.2 Å². The number of hydrogen-bond acceptors (Lipinski definition) is 13. The number of piperidine rings is 9. The van der Waals surface area contributed by atoms with E-state index in [0.29, 0.717) is 19.6 Å². The lowest BCUT2D eigenvalue weighted by atomic mass is 9.71. The zero-order chi connectivity index (χ0) is 33.8. The Balaban J connectivity index is 1.31. The van der Waals surface area contributed by atoms with E-state index in [2.05, 4.69) is 35.5 Å². The number of fused-ring (bicyclic) bond motifs is 9. The van der Waals surface area contributed by atoms with Gasteiger partial charge in [0.15, 0.2) is 17.3 Å². The van der Waals surface area contributed by atoms with E-state index < -0.39 is 24.4 Å². The second-order valence-corrected chi connectivity index (χ2v) is 16.7. The van der Waals surface area contributed by atoms with Gasteiger partial charge in [-0.2, -0.15) is 0 Å². The third-order valence-electron chi connectivity index (χ3n) is 12.3. The first-order chi connectivity index (χ1) is 22.4. The predicted octanol–water partition coefficient (Wildman–Crippen LogP) is 2.35. The highest BCUT2D eigenvalue weighted by molar-refractivity contribution is 7.48. The lowest BCUT2D eigenvalue weighted by molar-refractivity contribution is -0.168. The number of nitrogens with zero attached hydrogens (tertiary/aromatic N) is 3. The Morgan fingerprint density at radius 3 is 1.06 bits per heavy atom. The molecule has 9 heterocycles. The maximum atomic E-state index is 15.0. The van der Waals surface area contributed by atoms with Crippen LogP contribution in [0.5, 0.6) is 0 Å². The van der Waals surface area contributed by atoms with Crippen molar-refractivity contribution in [3.05, 3.63) is 0 Å². The van der Waals surface area contributed by atoms with Crippen LogP contribution in [0.25, 0.3) is 0 Å². The Bertz CT molecular complexity index is 1120. The first-order valence-corrected chi connectivity index (χ1v) is 18.8. The van der Waals surface area contributed by atoms with Crippen LogP contribution < -0.4 is 0 Å². The fourth-order valence-corrected chi connectivity index (χ4v) is 11.5. The lowest BCUT2D eigenvalue weighted by Gasteiger charge is -2.56. The summed E-state index contributed by atoms with van der Waals surface area (Å²) in [5.74, 6) is -0.415. The third-order valence-corrected chi connectivity index (χ3v) is 13.6. The number of ether oxygens (including phenoxy) is 3. The van der Waals surface area contributed by atoms with Crippen LogP contribution in [0.15, 0.2) is 0 Å². The van der Waals surface area contributed by atoms with Gasteiger partial charge in [0.2, 0.25) is 0 Å². The molecule has 0 aromatic rings. The van der Waals surface area contributed by atoms with Gasteiger partial charge in [-0.25, -0.2) is 4.57 Å². The fourth-order valence-electron chi connectivity index (χ4n) is 10.1. The molecule has 0 amide bonds. The molecule has 0 aromatic heterocycles. The molecule has 6 bridgehead atoms. The highest BCUT2D eigenvalue weighted by Gasteiger charge is 2.61. The maximum absolute atomic E-state index is 15.0. The largest absolute Gasteiger partial charge is 0.475 e. The van der Waals surface area contributed by atoms with Crippen LogP contribution in [0.2, 0.25) is 0 Å². The van der Waals surface area contributed by atoms with Gasteiger partial charge in [0.25, 0.3) is 0 Å². The first-order valence-electron chi connectivity index (χ1n) is 17.3. The van der Waals surface area contributed by atoms with Crippen LogP contribution in [0.1, 0.15) is 59.3 Å². The monoisotopic (exact) mass is 683 g/mol. The lowest BCUT2D eigenvalue weighted by Crippen LogP contribution is -2.72. The standard InChI is InChI=1S/C33H54N3O10P/c1-22-13-25-7-10-34(22)31(16-41-4,28(25)37)19-44-47(40,45-20-32(17-42-5)29(38)26-8-11-35(32)23(2)14-26)46-21-33(18-43-6)30(39)27-9-12-36(33)24(3)15-27/h22-27H,7-21H2,1-6H3/t22-,23-,24-,25+,26?,27?,31+,32+,33+,47?/m0/s1. The first kappa shape index (κ1) is 35.7. The normalized spacial score (nSPS) is 45.5. The van der Waals surface area contributed by atoms with E-state index in [1.165, 1.54) is 21.3 Å². The number of ketones is 3. The van der Waals surface area contributed by atoms with Crippen LogP contribution in [0.4, 0.5) is 0 Å². The van der Waals surface area contributed by atoms with Gasteiger partial charge in [-0.3, -0.25) is 42.7 Å². The van der Waals surface area contributed by atoms with E-state index >= 15 is 0 Å². The minimum absolute atomic E-state index is 0.00126.